The molecular weight excluding hydrogens is 318 g/mol. The molecule has 0 radical (unpaired) electrons. The van der Waals surface area contributed by atoms with Crippen LogP contribution in [0.25, 0.3) is 0 Å². The largest absolute Gasteiger partial charge is 0.497 e. The molecule has 20 heavy (non-hydrogen) atoms. The van der Waals surface area contributed by atoms with Crippen LogP contribution in [0.15, 0.2) is 53.0 Å². The third-order valence-electron chi connectivity index (χ3n) is 3.03. The molecule has 0 saturated carbocycles. The van der Waals surface area contributed by atoms with Crippen LogP contribution in [0.3, 0.4) is 0 Å². The van der Waals surface area contributed by atoms with E-state index in [2.05, 4.69) is 21.2 Å². The molecule has 106 valence electrons. The standard InChI is InChI=1S/C16H18BrNO2/c1-20-15-7-2-4-12(8-15)10-18-11-16(19)13-5-3-6-14(17)9-13/h2-9,16,18-19H,10-11H2,1H3. The van der Waals surface area contributed by atoms with Gasteiger partial charge in [0.25, 0.3) is 0 Å². The molecule has 0 fully saturated rings. The molecule has 2 N–H and O–H groups in total. The van der Waals surface area contributed by atoms with E-state index in [4.69, 9.17) is 4.74 Å². The molecule has 2 aromatic carbocycles. The van der Waals surface area contributed by atoms with E-state index >= 15 is 0 Å². The highest BCUT2D eigenvalue weighted by Gasteiger charge is 2.07. The van der Waals surface area contributed by atoms with Crippen LogP contribution in [0.4, 0.5) is 0 Å². The second kappa shape index (κ2) is 7.43. The molecule has 0 amide bonds. The van der Waals surface area contributed by atoms with E-state index in [-0.39, 0.29) is 0 Å². The van der Waals surface area contributed by atoms with E-state index < -0.39 is 6.10 Å². The van der Waals surface area contributed by atoms with Gasteiger partial charge in [-0.15, -0.1) is 0 Å². The molecule has 0 bridgehead atoms. The predicted octanol–water partition coefficient (Wildman–Crippen LogP) is 3.28. The van der Waals surface area contributed by atoms with Gasteiger partial charge in [0.2, 0.25) is 0 Å². The van der Waals surface area contributed by atoms with Crippen molar-refractivity contribution in [2.24, 2.45) is 0 Å². The minimum atomic E-state index is -0.516. The topological polar surface area (TPSA) is 41.5 Å². The maximum Gasteiger partial charge on any atom is 0.119 e. The van der Waals surface area contributed by atoms with Gasteiger partial charge in [0.1, 0.15) is 5.75 Å². The molecule has 0 spiro atoms. The molecule has 1 atom stereocenters. The molecule has 0 saturated heterocycles. The van der Waals surface area contributed by atoms with Gasteiger partial charge in [-0.1, -0.05) is 40.2 Å². The van der Waals surface area contributed by atoms with Gasteiger partial charge in [-0.3, -0.25) is 0 Å². The number of methoxy groups -OCH3 is 1. The van der Waals surface area contributed by atoms with Gasteiger partial charge >= 0.3 is 0 Å². The quantitative estimate of drug-likeness (QED) is 0.851. The SMILES string of the molecule is COc1cccc(CNCC(O)c2cccc(Br)c2)c1. The predicted molar refractivity (Wildman–Crippen MR) is 83.8 cm³/mol. The first-order valence-corrected chi connectivity index (χ1v) is 7.25. The monoisotopic (exact) mass is 335 g/mol. The van der Waals surface area contributed by atoms with Crippen molar-refractivity contribution in [2.45, 2.75) is 12.6 Å². The number of halogens is 1. The Balaban J connectivity index is 1.86. The second-order valence-electron chi connectivity index (χ2n) is 4.55. The summed E-state index contributed by atoms with van der Waals surface area (Å²) >= 11 is 3.41. The summed E-state index contributed by atoms with van der Waals surface area (Å²) in [6.45, 7) is 1.20. The first kappa shape index (κ1) is 15.0. The number of aliphatic hydroxyl groups is 1. The van der Waals surface area contributed by atoms with Crippen LogP contribution in [0.1, 0.15) is 17.2 Å². The Morgan fingerprint density at radius 3 is 2.75 bits per heavy atom. The highest BCUT2D eigenvalue weighted by Crippen LogP contribution is 2.18. The zero-order valence-electron chi connectivity index (χ0n) is 11.3. The van der Waals surface area contributed by atoms with Gasteiger partial charge in [-0.05, 0) is 35.4 Å². The summed E-state index contributed by atoms with van der Waals surface area (Å²) in [5.41, 5.74) is 2.03. The Kier molecular flexibility index (Phi) is 5.59. The number of rotatable bonds is 6. The summed E-state index contributed by atoms with van der Waals surface area (Å²) in [4.78, 5) is 0. The summed E-state index contributed by atoms with van der Waals surface area (Å²) in [6, 6.07) is 15.6. The summed E-state index contributed by atoms with van der Waals surface area (Å²) in [6.07, 6.45) is -0.516. The third kappa shape index (κ3) is 4.34. The molecule has 2 rings (SSSR count). The van der Waals surface area contributed by atoms with Crippen molar-refractivity contribution < 1.29 is 9.84 Å². The van der Waals surface area contributed by atoms with Crippen LogP contribution in [0.2, 0.25) is 0 Å². The van der Waals surface area contributed by atoms with E-state index in [1.807, 2.05) is 48.5 Å². The van der Waals surface area contributed by atoms with Crippen LogP contribution < -0.4 is 10.1 Å². The lowest BCUT2D eigenvalue weighted by Crippen LogP contribution is -2.21. The van der Waals surface area contributed by atoms with Crippen molar-refractivity contribution in [1.29, 1.82) is 0 Å². The van der Waals surface area contributed by atoms with E-state index in [0.29, 0.717) is 13.1 Å². The van der Waals surface area contributed by atoms with Crippen LogP contribution in [0.5, 0.6) is 5.75 Å². The molecular formula is C16H18BrNO2. The summed E-state index contributed by atoms with van der Waals surface area (Å²) in [5.74, 6) is 0.844. The molecule has 4 heteroatoms. The average molecular weight is 336 g/mol. The van der Waals surface area contributed by atoms with Gasteiger partial charge < -0.3 is 15.2 Å². The van der Waals surface area contributed by atoms with E-state index in [9.17, 15) is 5.11 Å². The Hall–Kier alpha value is -1.36. The molecule has 0 aliphatic heterocycles. The lowest BCUT2D eigenvalue weighted by Gasteiger charge is -2.13. The number of nitrogens with one attached hydrogen (secondary N) is 1. The zero-order valence-corrected chi connectivity index (χ0v) is 12.9. The fourth-order valence-electron chi connectivity index (χ4n) is 1.97. The number of benzene rings is 2. The highest BCUT2D eigenvalue weighted by atomic mass is 79.9. The smallest absolute Gasteiger partial charge is 0.119 e. The van der Waals surface area contributed by atoms with Crippen molar-refractivity contribution in [2.75, 3.05) is 13.7 Å². The number of hydrogen-bond donors (Lipinski definition) is 2. The summed E-state index contributed by atoms with van der Waals surface area (Å²) in [7, 11) is 1.66. The number of hydrogen-bond acceptors (Lipinski definition) is 3. The second-order valence-corrected chi connectivity index (χ2v) is 5.47. The van der Waals surface area contributed by atoms with E-state index in [0.717, 1.165) is 21.3 Å². The fraction of sp³-hybridized carbons (Fsp3) is 0.250. The summed E-state index contributed by atoms with van der Waals surface area (Å²) in [5, 5.41) is 13.4. The molecule has 0 aliphatic rings. The Labute approximate surface area is 127 Å². The van der Waals surface area contributed by atoms with E-state index in [1.54, 1.807) is 7.11 Å². The van der Waals surface area contributed by atoms with Crippen molar-refractivity contribution in [3.8, 4) is 5.75 Å². The fourth-order valence-corrected chi connectivity index (χ4v) is 2.38. The molecule has 0 aromatic heterocycles. The van der Waals surface area contributed by atoms with Gasteiger partial charge in [0, 0.05) is 17.6 Å². The number of ether oxygens (including phenoxy) is 1. The molecule has 0 heterocycles. The van der Waals surface area contributed by atoms with Crippen molar-refractivity contribution in [3.05, 3.63) is 64.1 Å². The number of aliphatic hydroxyl groups excluding tert-OH is 1. The minimum absolute atomic E-state index is 0.508. The molecule has 3 nitrogen and oxygen atoms in total. The van der Waals surface area contributed by atoms with Gasteiger partial charge in [0.15, 0.2) is 0 Å². The zero-order chi connectivity index (χ0) is 14.4. The first-order chi connectivity index (χ1) is 9.69. The van der Waals surface area contributed by atoms with Crippen molar-refractivity contribution >= 4 is 15.9 Å². The molecule has 0 aliphatic carbocycles. The van der Waals surface area contributed by atoms with Crippen LogP contribution in [-0.2, 0) is 6.54 Å². The van der Waals surface area contributed by atoms with Crippen molar-refractivity contribution in [1.82, 2.24) is 5.32 Å². The Morgan fingerprint density at radius 2 is 2.00 bits per heavy atom. The van der Waals surface area contributed by atoms with Gasteiger partial charge in [0.05, 0.1) is 13.2 Å². The Bertz CT molecular complexity index is 560. The van der Waals surface area contributed by atoms with Gasteiger partial charge in [-0.25, -0.2) is 0 Å². The lowest BCUT2D eigenvalue weighted by atomic mass is 10.1. The highest BCUT2D eigenvalue weighted by molar-refractivity contribution is 9.10. The normalized spacial score (nSPS) is 12.2. The van der Waals surface area contributed by atoms with Gasteiger partial charge in [-0.2, -0.15) is 0 Å². The van der Waals surface area contributed by atoms with Crippen molar-refractivity contribution in [3.63, 3.8) is 0 Å². The maximum absolute atomic E-state index is 10.1. The van der Waals surface area contributed by atoms with Crippen LogP contribution in [-0.4, -0.2) is 18.8 Å². The molecule has 2 aromatic rings. The maximum atomic E-state index is 10.1. The first-order valence-electron chi connectivity index (χ1n) is 6.46. The average Bonchev–Trinajstić information content (AvgIpc) is 2.47. The van der Waals surface area contributed by atoms with Crippen LogP contribution in [0, 0.1) is 0 Å². The minimum Gasteiger partial charge on any atom is -0.497 e. The molecule has 1 unspecified atom stereocenters. The Morgan fingerprint density at radius 1 is 1.20 bits per heavy atom. The lowest BCUT2D eigenvalue weighted by molar-refractivity contribution is 0.174. The van der Waals surface area contributed by atoms with Crippen LogP contribution >= 0.6 is 15.9 Å². The third-order valence-corrected chi connectivity index (χ3v) is 3.53. The van der Waals surface area contributed by atoms with E-state index in [1.165, 1.54) is 0 Å². The summed E-state index contributed by atoms with van der Waals surface area (Å²) < 4.78 is 6.16.